The van der Waals surface area contributed by atoms with Crippen LogP contribution in [0.3, 0.4) is 0 Å². The Morgan fingerprint density at radius 3 is 2.21 bits per heavy atom. The average molecular weight is 481 g/mol. The molecule has 0 unspecified atom stereocenters. The summed E-state index contributed by atoms with van der Waals surface area (Å²) in [4.78, 5) is 23.2. The normalized spacial score (nSPS) is 11.6. The van der Waals surface area contributed by atoms with Crippen LogP contribution in [0.2, 0.25) is 0 Å². The van der Waals surface area contributed by atoms with E-state index in [0.717, 1.165) is 27.2 Å². The lowest BCUT2D eigenvalue weighted by atomic mass is 10.1. The van der Waals surface area contributed by atoms with E-state index in [9.17, 15) is 23.3 Å². The van der Waals surface area contributed by atoms with Crippen LogP contribution in [0.1, 0.15) is 22.3 Å². The molecule has 0 saturated carbocycles. The van der Waals surface area contributed by atoms with Crippen LogP contribution in [0.15, 0.2) is 82.8 Å². The van der Waals surface area contributed by atoms with E-state index in [0.29, 0.717) is 0 Å². The smallest absolute Gasteiger partial charge is 0.272 e. The lowest BCUT2D eigenvalue weighted by Gasteiger charge is -2.21. The van der Waals surface area contributed by atoms with Crippen molar-refractivity contribution in [2.75, 3.05) is 6.54 Å². The number of para-hydroxylation sites is 1. The van der Waals surface area contributed by atoms with Crippen LogP contribution in [0, 0.1) is 24.0 Å². The number of benzene rings is 3. The van der Waals surface area contributed by atoms with Gasteiger partial charge in [0, 0.05) is 12.6 Å². The topological polar surface area (TPSA) is 122 Å². The van der Waals surface area contributed by atoms with Crippen molar-refractivity contribution in [2.24, 2.45) is 5.10 Å². The van der Waals surface area contributed by atoms with Gasteiger partial charge in [0.1, 0.15) is 0 Å². The van der Waals surface area contributed by atoms with Gasteiger partial charge in [-0.1, -0.05) is 59.7 Å². The number of nitrogens with one attached hydrogen (secondary N) is 1. The number of nitrogens with zero attached hydrogens (tertiary/aromatic N) is 3. The highest BCUT2D eigenvalue weighted by Gasteiger charge is 2.27. The summed E-state index contributed by atoms with van der Waals surface area (Å²) < 4.78 is 27.7. The molecule has 3 aromatic rings. The first-order valence-electron chi connectivity index (χ1n) is 10.3. The van der Waals surface area contributed by atoms with Gasteiger partial charge >= 0.3 is 0 Å². The number of rotatable bonds is 9. The summed E-state index contributed by atoms with van der Waals surface area (Å²) in [7, 11) is -3.99. The molecule has 0 aliphatic carbocycles. The summed E-state index contributed by atoms with van der Waals surface area (Å²) in [5, 5.41) is 14.9. The van der Waals surface area contributed by atoms with Crippen molar-refractivity contribution in [1.29, 1.82) is 0 Å². The van der Waals surface area contributed by atoms with Gasteiger partial charge < -0.3 is 0 Å². The summed E-state index contributed by atoms with van der Waals surface area (Å²) >= 11 is 0. The Bertz CT molecular complexity index is 1300. The lowest BCUT2D eigenvalue weighted by Crippen LogP contribution is -2.39. The SMILES string of the molecule is Cc1ccc(CN(CC(=O)N/N=C/c2ccccc2[N+](=O)[O-])S(=O)(=O)c2ccc(C)cc2)cc1. The molecule has 0 aliphatic rings. The first-order valence-corrected chi connectivity index (χ1v) is 11.8. The molecule has 10 heteroatoms. The quantitative estimate of drug-likeness (QED) is 0.285. The molecule has 0 fully saturated rings. The fourth-order valence-electron chi connectivity index (χ4n) is 3.11. The maximum absolute atomic E-state index is 13.3. The zero-order valence-electron chi connectivity index (χ0n) is 18.7. The second-order valence-electron chi connectivity index (χ2n) is 7.68. The van der Waals surface area contributed by atoms with E-state index in [4.69, 9.17) is 0 Å². The standard InChI is InChI=1S/C24H24N4O5S/c1-18-7-11-20(12-8-18)16-27(34(32,33)22-13-9-19(2)10-14-22)17-24(29)26-25-15-21-5-3-4-6-23(21)28(30)31/h3-15H,16-17H2,1-2H3,(H,26,29)/b25-15+. The Hall–Kier alpha value is -3.89. The molecule has 9 nitrogen and oxygen atoms in total. The largest absolute Gasteiger partial charge is 0.278 e. The number of hydrogen-bond donors (Lipinski definition) is 1. The summed E-state index contributed by atoms with van der Waals surface area (Å²) in [5.41, 5.74) is 4.95. The zero-order valence-corrected chi connectivity index (χ0v) is 19.5. The molecule has 0 bridgehead atoms. The lowest BCUT2D eigenvalue weighted by molar-refractivity contribution is -0.385. The highest BCUT2D eigenvalue weighted by molar-refractivity contribution is 7.89. The van der Waals surface area contributed by atoms with Gasteiger partial charge in [0.25, 0.3) is 11.6 Å². The monoisotopic (exact) mass is 480 g/mol. The fourth-order valence-corrected chi connectivity index (χ4v) is 4.50. The third-order valence-corrected chi connectivity index (χ3v) is 6.79. The highest BCUT2D eigenvalue weighted by Crippen LogP contribution is 2.19. The van der Waals surface area contributed by atoms with Gasteiger partial charge in [-0.25, -0.2) is 13.8 Å². The van der Waals surface area contributed by atoms with E-state index in [-0.39, 0.29) is 22.7 Å². The average Bonchev–Trinajstić information content (AvgIpc) is 2.80. The van der Waals surface area contributed by atoms with E-state index < -0.39 is 27.4 Å². The summed E-state index contributed by atoms with van der Waals surface area (Å²) in [6.07, 6.45) is 1.15. The van der Waals surface area contributed by atoms with Crippen molar-refractivity contribution in [3.05, 3.63) is 105 Å². The molecule has 1 amide bonds. The maximum Gasteiger partial charge on any atom is 0.278 e. The van der Waals surface area contributed by atoms with E-state index in [1.165, 1.54) is 30.3 Å². The molecule has 0 radical (unpaired) electrons. The second kappa shape index (κ2) is 10.8. The Morgan fingerprint density at radius 2 is 1.59 bits per heavy atom. The summed E-state index contributed by atoms with van der Waals surface area (Å²) in [6.45, 7) is 3.27. The molecular weight excluding hydrogens is 456 g/mol. The van der Waals surface area contributed by atoms with Gasteiger partial charge in [-0.2, -0.15) is 9.41 Å². The summed E-state index contributed by atoms with van der Waals surface area (Å²) in [5.74, 6) is -0.683. The zero-order chi connectivity index (χ0) is 24.7. The van der Waals surface area contributed by atoms with Crippen LogP contribution in [0.25, 0.3) is 0 Å². The Kier molecular flexibility index (Phi) is 7.87. The van der Waals surface area contributed by atoms with Crippen LogP contribution in [0.4, 0.5) is 5.69 Å². The molecule has 0 aromatic heterocycles. The van der Waals surface area contributed by atoms with E-state index in [2.05, 4.69) is 10.5 Å². The molecule has 176 valence electrons. The third kappa shape index (κ3) is 6.33. The Labute approximate surface area is 197 Å². The van der Waals surface area contributed by atoms with Crippen LogP contribution in [-0.2, 0) is 21.4 Å². The fraction of sp³-hybridized carbons (Fsp3) is 0.167. The molecule has 0 atom stereocenters. The number of hydrogen-bond acceptors (Lipinski definition) is 6. The number of carbonyl (C=O) groups is 1. The first kappa shape index (κ1) is 24.7. The van der Waals surface area contributed by atoms with Crippen molar-refractivity contribution >= 4 is 27.8 Å². The molecule has 1 N–H and O–H groups in total. The van der Waals surface area contributed by atoms with Crippen molar-refractivity contribution in [3.8, 4) is 0 Å². The number of nitro groups is 1. The summed E-state index contributed by atoms with van der Waals surface area (Å²) in [6, 6.07) is 19.6. The minimum absolute atomic E-state index is 0.0161. The van der Waals surface area contributed by atoms with E-state index in [1.807, 2.05) is 26.0 Å². The molecule has 0 spiro atoms. The van der Waals surface area contributed by atoms with Crippen LogP contribution < -0.4 is 5.43 Å². The molecule has 0 aliphatic heterocycles. The van der Waals surface area contributed by atoms with Crippen LogP contribution in [-0.4, -0.2) is 36.3 Å². The van der Waals surface area contributed by atoms with Crippen molar-refractivity contribution in [3.63, 3.8) is 0 Å². The van der Waals surface area contributed by atoms with Crippen LogP contribution >= 0.6 is 0 Å². The number of aryl methyl sites for hydroxylation is 2. The van der Waals surface area contributed by atoms with Gasteiger partial charge in [0.05, 0.1) is 28.1 Å². The van der Waals surface area contributed by atoms with E-state index >= 15 is 0 Å². The predicted molar refractivity (Wildman–Crippen MR) is 129 cm³/mol. The number of sulfonamides is 1. The highest BCUT2D eigenvalue weighted by atomic mass is 32.2. The molecule has 3 rings (SSSR count). The molecule has 0 heterocycles. The van der Waals surface area contributed by atoms with Crippen LogP contribution in [0.5, 0.6) is 0 Å². The predicted octanol–water partition coefficient (Wildman–Crippen LogP) is 3.55. The van der Waals surface area contributed by atoms with Gasteiger partial charge in [0.15, 0.2) is 0 Å². The van der Waals surface area contributed by atoms with Gasteiger partial charge in [-0.15, -0.1) is 0 Å². The molecule has 0 saturated heterocycles. The third-order valence-electron chi connectivity index (χ3n) is 4.98. The van der Waals surface area contributed by atoms with E-state index in [1.54, 1.807) is 30.3 Å². The van der Waals surface area contributed by atoms with Crippen molar-refractivity contribution in [2.45, 2.75) is 25.3 Å². The van der Waals surface area contributed by atoms with Crippen molar-refractivity contribution < 1.29 is 18.1 Å². The molecular formula is C24H24N4O5S. The Morgan fingerprint density at radius 1 is 1.00 bits per heavy atom. The molecule has 34 heavy (non-hydrogen) atoms. The second-order valence-corrected chi connectivity index (χ2v) is 9.62. The minimum atomic E-state index is -3.99. The first-order chi connectivity index (χ1) is 16.2. The van der Waals surface area contributed by atoms with Gasteiger partial charge in [-0.05, 0) is 37.6 Å². The van der Waals surface area contributed by atoms with Gasteiger partial charge in [0.2, 0.25) is 10.0 Å². The minimum Gasteiger partial charge on any atom is -0.272 e. The number of carbonyl (C=O) groups excluding carboxylic acids is 1. The maximum atomic E-state index is 13.3. The number of nitro benzene ring substituents is 1. The molecule has 3 aromatic carbocycles. The van der Waals surface area contributed by atoms with Gasteiger partial charge in [-0.3, -0.25) is 14.9 Å². The number of hydrazone groups is 1. The van der Waals surface area contributed by atoms with Crippen molar-refractivity contribution in [1.82, 2.24) is 9.73 Å². The number of amides is 1. The Balaban J connectivity index is 1.80.